The number of nitrogens with one attached hydrogen (secondary N) is 1. The monoisotopic (exact) mass is 525 g/mol. The molecular formula is C23H19N5O10. The minimum absolute atomic E-state index is 0.123. The number of methoxy groups -OCH3 is 3. The van der Waals surface area contributed by atoms with Gasteiger partial charge in [-0.05, 0) is 36.4 Å². The van der Waals surface area contributed by atoms with Crippen molar-refractivity contribution in [2.24, 2.45) is 10.2 Å². The van der Waals surface area contributed by atoms with Crippen LogP contribution in [0.1, 0.15) is 20.7 Å². The maximum absolute atomic E-state index is 12.5. The van der Waals surface area contributed by atoms with E-state index in [2.05, 4.69) is 15.7 Å². The second-order valence-electron chi connectivity index (χ2n) is 7.21. The zero-order valence-corrected chi connectivity index (χ0v) is 20.1. The number of hydrogen-bond donors (Lipinski definition) is 1. The molecule has 0 aliphatic heterocycles. The van der Waals surface area contributed by atoms with E-state index in [0.29, 0.717) is 11.4 Å². The predicted octanol–water partition coefficient (Wildman–Crippen LogP) is 4.64. The number of amides is 1. The van der Waals surface area contributed by atoms with Gasteiger partial charge < -0.3 is 19.0 Å². The highest BCUT2D eigenvalue weighted by atomic mass is 16.7. The molecule has 0 aliphatic rings. The topological polar surface area (TPSA) is 194 Å². The van der Waals surface area contributed by atoms with Crippen LogP contribution in [0.2, 0.25) is 0 Å². The molecule has 0 fully saturated rings. The largest absolute Gasteiger partial charge is 0.493 e. The van der Waals surface area contributed by atoms with Crippen LogP contribution >= 0.6 is 0 Å². The third kappa shape index (κ3) is 6.34. The average molecular weight is 525 g/mol. The summed E-state index contributed by atoms with van der Waals surface area (Å²) < 4.78 is 15.6. The third-order valence-corrected chi connectivity index (χ3v) is 4.86. The van der Waals surface area contributed by atoms with Gasteiger partial charge in [-0.3, -0.25) is 25.0 Å². The first kappa shape index (κ1) is 27.0. The first-order valence-corrected chi connectivity index (χ1v) is 10.4. The first-order chi connectivity index (χ1) is 18.2. The number of nitro benzene ring substituents is 2. The molecule has 0 aliphatic carbocycles. The second kappa shape index (κ2) is 11.9. The van der Waals surface area contributed by atoms with Crippen molar-refractivity contribution in [3.8, 4) is 17.2 Å². The molecule has 0 radical (unpaired) electrons. The van der Waals surface area contributed by atoms with Crippen LogP contribution in [0, 0.1) is 20.2 Å². The molecule has 15 heteroatoms. The summed E-state index contributed by atoms with van der Waals surface area (Å²) in [6, 6.07) is 11.1. The fourth-order valence-electron chi connectivity index (χ4n) is 3.05. The van der Waals surface area contributed by atoms with Crippen LogP contribution in [-0.4, -0.2) is 43.1 Å². The van der Waals surface area contributed by atoms with E-state index in [1.807, 2.05) is 0 Å². The number of carbonyl (C=O) groups is 2. The van der Waals surface area contributed by atoms with Gasteiger partial charge in [0.2, 0.25) is 5.75 Å². The molecular weight excluding hydrogens is 506 g/mol. The molecule has 3 aromatic rings. The van der Waals surface area contributed by atoms with Crippen molar-refractivity contribution in [2.75, 3.05) is 26.8 Å². The fourth-order valence-corrected chi connectivity index (χ4v) is 3.05. The summed E-state index contributed by atoms with van der Waals surface area (Å²) in [5.41, 5.74) is 1.52. The highest BCUT2D eigenvalue weighted by molar-refractivity contribution is 5.96. The first-order valence-electron chi connectivity index (χ1n) is 10.4. The van der Waals surface area contributed by atoms with Crippen molar-refractivity contribution in [1.29, 1.82) is 0 Å². The molecule has 3 aromatic carbocycles. The molecule has 38 heavy (non-hydrogen) atoms. The predicted molar refractivity (Wildman–Crippen MR) is 130 cm³/mol. The Hall–Kier alpha value is -5.60. The van der Waals surface area contributed by atoms with Crippen LogP contribution in [0.4, 0.5) is 22.7 Å². The molecule has 0 bridgehead atoms. The van der Waals surface area contributed by atoms with E-state index < -0.39 is 33.1 Å². The van der Waals surface area contributed by atoms with Gasteiger partial charge in [-0.1, -0.05) is 0 Å². The van der Waals surface area contributed by atoms with Gasteiger partial charge >= 0.3 is 5.97 Å². The van der Waals surface area contributed by atoms with Crippen molar-refractivity contribution < 1.29 is 38.5 Å². The number of benzene rings is 3. The normalized spacial score (nSPS) is 10.5. The number of non-ortho nitro benzene ring substituents is 2. The number of azo groups is 1. The average Bonchev–Trinajstić information content (AvgIpc) is 2.93. The van der Waals surface area contributed by atoms with Gasteiger partial charge in [0.1, 0.15) is 0 Å². The van der Waals surface area contributed by atoms with Gasteiger partial charge in [0.25, 0.3) is 17.3 Å². The molecule has 0 saturated heterocycles. The maximum atomic E-state index is 12.5. The number of nitrogens with zero attached hydrogens (tertiary/aromatic N) is 4. The van der Waals surface area contributed by atoms with E-state index in [1.54, 1.807) is 0 Å². The molecule has 0 saturated carbocycles. The lowest BCUT2D eigenvalue weighted by Gasteiger charge is -2.14. The van der Waals surface area contributed by atoms with E-state index >= 15 is 0 Å². The van der Waals surface area contributed by atoms with Crippen LogP contribution in [0.15, 0.2) is 64.8 Å². The number of nitro groups is 2. The van der Waals surface area contributed by atoms with Crippen molar-refractivity contribution in [3.63, 3.8) is 0 Å². The molecule has 1 amide bonds. The SMILES string of the molecule is COc1cc(C(=O)ONc2ccc(N=NC(=O)c3cc([N+](=O)[O-])cc([N+](=O)[O-])c3)cc2)cc(OC)c1OC. The highest BCUT2D eigenvalue weighted by Crippen LogP contribution is 2.38. The van der Waals surface area contributed by atoms with Crippen molar-refractivity contribution in [1.82, 2.24) is 0 Å². The molecule has 0 aromatic heterocycles. The van der Waals surface area contributed by atoms with Crippen LogP contribution in [-0.2, 0) is 4.84 Å². The van der Waals surface area contributed by atoms with Gasteiger partial charge in [-0.2, -0.15) is 0 Å². The second-order valence-corrected chi connectivity index (χ2v) is 7.21. The van der Waals surface area contributed by atoms with Gasteiger partial charge in [0.05, 0.1) is 59.7 Å². The van der Waals surface area contributed by atoms with Gasteiger partial charge in [-0.15, -0.1) is 10.2 Å². The number of anilines is 1. The molecule has 1 N–H and O–H groups in total. The summed E-state index contributed by atoms with van der Waals surface area (Å²) >= 11 is 0. The molecule has 0 heterocycles. The van der Waals surface area contributed by atoms with Crippen LogP contribution in [0.3, 0.4) is 0 Å². The number of hydrogen-bond acceptors (Lipinski definition) is 12. The summed E-state index contributed by atoms with van der Waals surface area (Å²) in [6.45, 7) is 0. The Morgan fingerprint density at radius 3 is 1.82 bits per heavy atom. The van der Waals surface area contributed by atoms with Crippen LogP contribution in [0.5, 0.6) is 17.2 Å². The maximum Gasteiger partial charge on any atom is 0.363 e. The Kier molecular flexibility index (Phi) is 8.45. The van der Waals surface area contributed by atoms with Crippen molar-refractivity contribution in [2.45, 2.75) is 0 Å². The molecule has 196 valence electrons. The molecule has 0 spiro atoms. The fraction of sp³-hybridized carbons (Fsp3) is 0.130. The summed E-state index contributed by atoms with van der Waals surface area (Å²) in [5.74, 6) is -0.917. The number of rotatable bonds is 10. The molecule has 3 rings (SSSR count). The summed E-state index contributed by atoms with van der Waals surface area (Å²) in [7, 11) is 4.24. The van der Waals surface area contributed by atoms with Gasteiger partial charge in [0, 0.05) is 12.1 Å². The van der Waals surface area contributed by atoms with E-state index in [9.17, 15) is 29.8 Å². The van der Waals surface area contributed by atoms with Crippen molar-refractivity contribution in [3.05, 3.63) is 86.0 Å². The smallest absolute Gasteiger partial charge is 0.363 e. The standard InChI is InChI=1S/C23H19N5O10/c1-35-19-10-14(11-20(36-2)21(19)37-3)23(30)38-26-16-6-4-15(5-7-16)24-25-22(29)13-8-17(27(31)32)12-18(9-13)28(33)34/h4-12,26H,1-3H3. The van der Waals surface area contributed by atoms with Crippen LogP contribution in [0.25, 0.3) is 0 Å². The zero-order valence-electron chi connectivity index (χ0n) is 20.1. The van der Waals surface area contributed by atoms with Crippen molar-refractivity contribution >= 4 is 34.6 Å². The Bertz CT molecular complexity index is 1370. The van der Waals surface area contributed by atoms with Crippen LogP contribution < -0.4 is 19.7 Å². The zero-order chi connectivity index (χ0) is 27.8. The third-order valence-electron chi connectivity index (χ3n) is 4.86. The molecule has 0 unspecified atom stereocenters. The minimum Gasteiger partial charge on any atom is -0.493 e. The molecule has 0 atom stereocenters. The Labute approximate surface area is 213 Å². The Morgan fingerprint density at radius 1 is 0.789 bits per heavy atom. The number of carbonyl (C=O) groups excluding carboxylic acids is 2. The summed E-state index contributed by atoms with van der Waals surface area (Å²) in [6.07, 6.45) is 0. The lowest BCUT2D eigenvalue weighted by atomic mass is 10.1. The Morgan fingerprint density at radius 2 is 1.34 bits per heavy atom. The lowest BCUT2D eigenvalue weighted by molar-refractivity contribution is -0.394. The Balaban J connectivity index is 1.67. The highest BCUT2D eigenvalue weighted by Gasteiger charge is 2.20. The van der Waals surface area contributed by atoms with E-state index in [1.165, 1.54) is 57.7 Å². The summed E-state index contributed by atoms with van der Waals surface area (Å²) in [5, 5.41) is 29.2. The van der Waals surface area contributed by atoms with E-state index in [4.69, 9.17) is 19.0 Å². The molecule has 15 nitrogen and oxygen atoms in total. The number of ether oxygens (including phenoxy) is 3. The summed E-state index contributed by atoms with van der Waals surface area (Å²) in [4.78, 5) is 50.1. The lowest BCUT2D eigenvalue weighted by Crippen LogP contribution is -2.11. The quantitative estimate of drug-likeness (QED) is 0.220. The van der Waals surface area contributed by atoms with E-state index in [-0.39, 0.29) is 28.3 Å². The minimum atomic E-state index is -1.02. The van der Waals surface area contributed by atoms with Gasteiger partial charge in [-0.25, -0.2) is 10.3 Å². The van der Waals surface area contributed by atoms with Gasteiger partial charge in [0.15, 0.2) is 11.5 Å². The van der Waals surface area contributed by atoms with E-state index in [0.717, 1.165) is 18.2 Å².